The third-order valence-electron chi connectivity index (χ3n) is 3.80. The Morgan fingerprint density at radius 2 is 1.88 bits per heavy atom. The smallest absolute Gasteiger partial charge is 0.220 e. The molecule has 0 bridgehead atoms. The maximum absolute atomic E-state index is 11.9. The first-order chi connectivity index (χ1) is 11.8. The van der Waals surface area contributed by atoms with Crippen molar-refractivity contribution in [3.8, 4) is 11.5 Å². The second-order valence-electron chi connectivity index (χ2n) is 5.64. The zero-order chi connectivity index (χ0) is 16.6. The number of carbonyl (C=O) groups is 1. The molecule has 0 fully saturated rings. The quantitative estimate of drug-likeness (QED) is 0.716. The molecule has 0 unspecified atom stereocenters. The van der Waals surface area contributed by atoms with Gasteiger partial charge in [0.2, 0.25) is 5.91 Å². The van der Waals surface area contributed by atoms with E-state index in [0.29, 0.717) is 13.0 Å². The van der Waals surface area contributed by atoms with Crippen LogP contribution in [0.1, 0.15) is 24.0 Å². The van der Waals surface area contributed by atoms with Gasteiger partial charge in [0.1, 0.15) is 5.69 Å². The van der Waals surface area contributed by atoms with Gasteiger partial charge in [-0.25, -0.2) is 0 Å². The zero-order valence-electron chi connectivity index (χ0n) is 13.4. The SMILES string of the molecule is O=C(CCCc1ccccc1)NCc1ccc(-c2ccco2)nc1. The first kappa shape index (κ1) is 16.0. The van der Waals surface area contributed by atoms with Crippen LogP contribution in [0.4, 0.5) is 0 Å². The van der Waals surface area contributed by atoms with Crippen LogP contribution in [0.3, 0.4) is 0 Å². The summed E-state index contributed by atoms with van der Waals surface area (Å²) < 4.78 is 5.31. The molecule has 0 aliphatic heterocycles. The Labute approximate surface area is 141 Å². The van der Waals surface area contributed by atoms with Crippen LogP contribution in [-0.2, 0) is 17.8 Å². The van der Waals surface area contributed by atoms with E-state index in [1.54, 1.807) is 12.5 Å². The van der Waals surface area contributed by atoms with Crippen LogP contribution in [0.2, 0.25) is 0 Å². The molecule has 4 nitrogen and oxygen atoms in total. The molecule has 0 radical (unpaired) electrons. The van der Waals surface area contributed by atoms with E-state index in [4.69, 9.17) is 4.42 Å². The van der Waals surface area contributed by atoms with Gasteiger partial charge in [-0.15, -0.1) is 0 Å². The molecular weight excluding hydrogens is 300 g/mol. The molecule has 24 heavy (non-hydrogen) atoms. The van der Waals surface area contributed by atoms with Crippen molar-refractivity contribution in [2.75, 3.05) is 0 Å². The fourth-order valence-electron chi connectivity index (χ4n) is 2.49. The third-order valence-corrected chi connectivity index (χ3v) is 3.80. The third kappa shape index (κ3) is 4.56. The second-order valence-corrected chi connectivity index (χ2v) is 5.64. The van der Waals surface area contributed by atoms with Crippen LogP contribution in [0.15, 0.2) is 71.5 Å². The van der Waals surface area contributed by atoms with Crippen molar-refractivity contribution in [1.82, 2.24) is 10.3 Å². The summed E-state index contributed by atoms with van der Waals surface area (Å²) in [5.74, 6) is 0.813. The van der Waals surface area contributed by atoms with Gasteiger partial charge < -0.3 is 9.73 Å². The minimum Gasteiger partial charge on any atom is -0.463 e. The Balaban J connectivity index is 1.41. The summed E-state index contributed by atoms with van der Waals surface area (Å²) in [7, 11) is 0. The van der Waals surface area contributed by atoms with Crippen LogP contribution in [0, 0.1) is 0 Å². The number of amides is 1. The first-order valence-electron chi connectivity index (χ1n) is 8.11. The van der Waals surface area contributed by atoms with Crippen LogP contribution >= 0.6 is 0 Å². The van der Waals surface area contributed by atoms with E-state index in [1.165, 1.54) is 5.56 Å². The summed E-state index contributed by atoms with van der Waals surface area (Å²) in [6, 6.07) is 17.8. The summed E-state index contributed by atoms with van der Waals surface area (Å²) in [5, 5.41) is 2.94. The summed E-state index contributed by atoms with van der Waals surface area (Å²) in [6.07, 6.45) is 5.70. The molecule has 2 aromatic heterocycles. The molecule has 1 aromatic carbocycles. The van der Waals surface area contributed by atoms with Gasteiger partial charge in [0.25, 0.3) is 0 Å². The van der Waals surface area contributed by atoms with Crippen LogP contribution in [-0.4, -0.2) is 10.9 Å². The second kappa shape index (κ2) is 8.11. The Kier molecular flexibility index (Phi) is 5.40. The van der Waals surface area contributed by atoms with Gasteiger partial charge in [-0.3, -0.25) is 9.78 Å². The van der Waals surface area contributed by atoms with E-state index in [-0.39, 0.29) is 5.91 Å². The van der Waals surface area contributed by atoms with Gasteiger partial charge in [0, 0.05) is 19.2 Å². The van der Waals surface area contributed by atoms with Gasteiger partial charge in [-0.1, -0.05) is 36.4 Å². The first-order valence-corrected chi connectivity index (χ1v) is 8.11. The highest BCUT2D eigenvalue weighted by Crippen LogP contribution is 2.17. The molecule has 0 atom stereocenters. The largest absolute Gasteiger partial charge is 0.463 e. The van der Waals surface area contributed by atoms with Crippen LogP contribution in [0.25, 0.3) is 11.5 Å². The highest BCUT2D eigenvalue weighted by molar-refractivity contribution is 5.75. The molecular formula is C20H20N2O2. The molecule has 2 heterocycles. The number of hydrogen-bond acceptors (Lipinski definition) is 3. The number of carbonyl (C=O) groups excluding carboxylic acids is 1. The number of aryl methyl sites for hydroxylation is 1. The highest BCUT2D eigenvalue weighted by Gasteiger charge is 2.04. The zero-order valence-corrected chi connectivity index (χ0v) is 13.4. The topological polar surface area (TPSA) is 55.1 Å². The van der Waals surface area contributed by atoms with E-state index in [9.17, 15) is 4.79 Å². The predicted molar refractivity (Wildman–Crippen MR) is 93.2 cm³/mol. The average molecular weight is 320 g/mol. The van der Waals surface area contributed by atoms with Crippen LogP contribution < -0.4 is 5.32 Å². The minimum absolute atomic E-state index is 0.0704. The normalized spacial score (nSPS) is 10.5. The molecule has 0 spiro atoms. The molecule has 0 aliphatic rings. The Bertz CT molecular complexity index is 750. The fourth-order valence-corrected chi connectivity index (χ4v) is 2.49. The number of aromatic nitrogens is 1. The fraction of sp³-hybridized carbons (Fsp3) is 0.200. The summed E-state index contributed by atoms with van der Waals surface area (Å²) in [5.41, 5.74) is 3.03. The van der Waals surface area contributed by atoms with E-state index >= 15 is 0 Å². The van der Waals surface area contributed by atoms with E-state index in [0.717, 1.165) is 29.9 Å². The lowest BCUT2D eigenvalue weighted by Crippen LogP contribution is -2.22. The lowest BCUT2D eigenvalue weighted by Gasteiger charge is -2.06. The van der Waals surface area contributed by atoms with Crippen LogP contribution in [0.5, 0.6) is 0 Å². The Morgan fingerprint density at radius 3 is 2.58 bits per heavy atom. The molecule has 122 valence electrons. The van der Waals surface area contributed by atoms with Crippen molar-refractivity contribution in [3.63, 3.8) is 0 Å². The molecule has 0 saturated heterocycles. The van der Waals surface area contributed by atoms with Crippen molar-refractivity contribution in [3.05, 3.63) is 78.2 Å². The summed E-state index contributed by atoms with van der Waals surface area (Å²) >= 11 is 0. The predicted octanol–water partition coefficient (Wildman–Crippen LogP) is 3.98. The highest BCUT2D eigenvalue weighted by atomic mass is 16.3. The van der Waals surface area contributed by atoms with Crippen molar-refractivity contribution in [1.29, 1.82) is 0 Å². The lowest BCUT2D eigenvalue weighted by atomic mass is 10.1. The average Bonchev–Trinajstić information content (AvgIpc) is 3.16. The van der Waals surface area contributed by atoms with Crippen molar-refractivity contribution >= 4 is 5.91 Å². The summed E-state index contributed by atoms with van der Waals surface area (Å²) in [4.78, 5) is 16.3. The van der Waals surface area contributed by atoms with Gasteiger partial charge >= 0.3 is 0 Å². The monoisotopic (exact) mass is 320 g/mol. The number of nitrogens with one attached hydrogen (secondary N) is 1. The van der Waals surface area contributed by atoms with Crippen molar-refractivity contribution in [2.24, 2.45) is 0 Å². The lowest BCUT2D eigenvalue weighted by molar-refractivity contribution is -0.121. The molecule has 1 N–H and O–H groups in total. The van der Waals surface area contributed by atoms with E-state index in [2.05, 4.69) is 22.4 Å². The van der Waals surface area contributed by atoms with Gasteiger partial charge in [-0.2, -0.15) is 0 Å². The molecule has 3 rings (SSSR count). The molecule has 3 aromatic rings. The van der Waals surface area contributed by atoms with E-state index in [1.807, 2.05) is 42.5 Å². The molecule has 1 amide bonds. The number of nitrogens with zero attached hydrogens (tertiary/aromatic N) is 1. The number of pyridine rings is 1. The molecule has 4 heteroatoms. The molecule has 0 aliphatic carbocycles. The minimum atomic E-state index is 0.0704. The maximum Gasteiger partial charge on any atom is 0.220 e. The number of hydrogen-bond donors (Lipinski definition) is 1. The number of benzene rings is 1. The van der Waals surface area contributed by atoms with Crippen molar-refractivity contribution < 1.29 is 9.21 Å². The van der Waals surface area contributed by atoms with Gasteiger partial charge in [0.05, 0.1) is 6.26 Å². The van der Waals surface area contributed by atoms with Crippen molar-refractivity contribution in [2.45, 2.75) is 25.8 Å². The number of rotatable bonds is 7. The van der Waals surface area contributed by atoms with E-state index < -0.39 is 0 Å². The molecule has 0 saturated carbocycles. The van der Waals surface area contributed by atoms with Gasteiger partial charge in [0.15, 0.2) is 5.76 Å². The standard InChI is InChI=1S/C20H20N2O2/c23-20(10-4-8-16-6-2-1-3-7-16)22-15-17-11-12-18(21-14-17)19-9-5-13-24-19/h1-3,5-7,9,11-14H,4,8,10,15H2,(H,22,23). The Hall–Kier alpha value is -2.88. The number of furan rings is 1. The summed E-state index contributed by atoms with van der Waals surface area (Å²) in [6.45, 7) is 0.496. The van der Waals surface area contributed by atoms with Gasteiger partial charge in [-0.05, 0) is 42.2 Å². The Morgan fingerprint density at radius 1 is 1.00 bits per heavy atom. The maximum atomic E-state index is 11.9.